The molecule has 0 saturated carbocycles. The minimum absolute atomic E-state index is 1.01. The highest BCUT2D eigenvalue weighted by Gasteiger charge is 2.14. The standard InChI is InChI=1S/C17H35NS/c1-2-17-11-10-14-18(15-12-17)13-8-6-4-3-5-7-9-16-19/h17,19H,2-16H2,1H3. The number of nitrogens with zero attached hydrogens (tertiary/aromatic N) is 1. The molecule has 0 aliphatic carbocycles. The highest BCUT2D eigenvalue weighted by atomic mass is 32.1. The summed E-state index contributed by atoms with van der Waals surface area (Å²) in [6.07, 6.45) is 15.6. The number of unbranched alkanes of at least 4 members (excludes halogenated alkanes) is 6. The SMILES string of the molecule is CCC1CCCN(CCCCCCCCCS)CC1. The topological polar surface area (TPSA) is 3.24 Å². The molecule has 1 atom stereocenters. The van der Waals surface area contributed by atoms with Gasteiger partial charge in [0.15, 0.2) is 0 Å². The second-order valence-corrected chi connectivity index (χ2v) is 6.69. The fraction of sp³-hybridized carbons (Fsp3) is 1.00. The van der Waals surface area contributed by atoms with Gasteiger partial charge in [0.05, 0.1) is 0 Å². The van der Waals surface area contributed by atoms with Crippen LogP contribution in [0.25, 0.3) is 0 Å². The zero-order valence-corrected chi connectivity index (χ0v) is 14.0. The normalized spacial score (nSPS) is 21.5. The van der Waals surface area contributed by atoms with Crippen molar-refractivity contribution in [3.8, 4) is 0 Å². The quantitative estimate of drug-likeness (QED) is 0.428. The van der Waals surface area contributed by atoms with E-state index in [1.807, 2.05) is 0 Å². The zero-order chi connectivity index (χ0) is 13.8. The van der Waals surface area contributed by atoms with Crippen molar-refractivity contribution < 1.29 is 0 Å². The second kappa shape index (κ2) is 12.1. The smallest absolute Gasteiger partial charge is 0.00161 e. The lowest BCUT2D eigenvalue weighted by Crippen LogP contribution is -2.25. The molecule has 1 unspecified atom stereocenters. The van der Waals surface area contributed by atoms with Crippen LogP contribution in [0.3, 0.4) is 0 Å². The maximum Gasteiger partial charge on any atom is -0.00161 e. The molecule has 0 spiro atoms. The first-order valence-electron chi connectivity index (χ1n) is 8.70. The number of rotatable bonds is 10. The van der Waals surface area contributed by atoms with Crippen molar-refractivity contribution in [3.05, 3.63) is 0 Å². The van der Waals surface area contributed by atoms with Gasteiger partial charge in [-0.25, -0.2) is 0 Å². The van der Waals surface area contributed by atoms with E-state index < -0.39 is 0 Å². The molecule has 1 saturated heterocycles. The van der Waals surface area contributed by atoms with E-state index in [1.54, 1.807) is 0 Å². The molecular weight excluding hydrogens is 250 g/mol. The van der Waals surface area contributed by atoms with Gasteiger partial charge in [-0.2, -0.15) is 12.6 Å². The molecule has 1 rings (SSSR count). The molecule has 0 aromatic heterocycles. The van der Waals surface area contributed by atoms with Crippen molar-refractivity contribution in [2.45, 2.75) is 77.6 Å². The molecule has 0 radical (unpaired) electrons. The fourth-order valence-electron chi connectivity index (χ4n) is 3.19. The monoisotopic (exact) mass is 285 g/mol. The average Bonchev–Trinajstić information content (AvgIpc) is 2.67. The molecule has 1 aliphatic rings. The van der Waals surface area contributed by atoms with Crippen LogP contribution >= 0.6 is 12.6 Å². The van der Waals surface area contributed by atoms with E-state index in [0.717, 1.165) is 11.7 Å². The first-order valence-corrected chi connectivity index (χ1v) is 9.33. The van der Waals surface area contributed by atoms with Crippen LogP contribution in [0.1, 0.15) is 77.6 Å². The molecule has 114 valence electrons. The first-order chi connectivity index (χ1) is 9.36. The summed E-state index contributed by atoms with van der Waals surface area (Å²) in [6.45, 7) is 6.43. The van der Waals surface area contributed by atoms with E-state index in [4.69, 9.17) is 0 Å². The van der Waals surface area contributed by atoms with E-state index in [0.29, 0.717) is 0 Å². The van der Waals surface area contributed by atoms with Crippen LogP contribution in [0.5, 0.6) is 0 Å². The van der Waals surface area contributed by atoms with Crippen LogP contribution in [0, 0.1) is 5.92 Å². The van der Waals surface area contributed by atoms with Crippen molar-refractivity contribution in [2.24, 2.45) is 5.92 Å². The van der Waals surface area contributed by atoms with Crippen molar-refractivity contribution in [1.82, 2.24) is 4.90 Å². The average molecular weight is 286 g/mol. The Hall–Kier alpha value is 0.310. The van der Waals surface area contributed by atoms with Crippen LogP contribution < -0.4 is 0 Å². The Labute approximate surface area is 126 Å². The molecule has 2 heteroatoms. The number of likely N-dealkylation sites (tertiary alicyclic amines) is 1. The van der Waals surface area contributed by atoms with E-state index in [1.165, 1.54) is 90.3 Å². The van der Waals surface area contributed by atoms with Gasteiger partial charge >= 0.3 is 0 Å². The van der Waals surface area contributed by atoms with Gasteiger partial charge in [-0.1, -0.05) is 45.4 Å². The van der Waals surface area contributed by atoms with Crippen molar-refractivity contribution in [1.29, 1.82) is 0 Å². The second-order valence-electron chi connectivity index (χ2n) is 6.25. The molecule has 0 aromatic rings. The molecule has 0 amide bonds. The Morgan fingerprint density at radius 2 is 1.58 bits per heavy atom. The third-order valence-electron chi connectivity index (χ3n) is 4.65. The van der Waals surface area contributed by atoms with Crippen molar-refractivity contribution >= 4 is 12.6 Å². The van der Waals surface area contributed by atoms with Crippen molar-refractivity contribution in [3.63, 3.8) is 0 Å². The lowest BCUT2D eigenvalue weighted by atomic mass is 9.98. The molecule has 1 nitrogen and oxygen atoms in total. The minimum Gasteiger partial charge on any atom is -0.303 e. The molecule has 1 fully saturated rings. The summed E-state index contributed by atoms with van der Waals surface area (Å²) in [5.74, 6) is 2.07. The summed E-state index contributed by atoms with van der Waals surface area (Å²) in [4.78, 5) is 2.72. The fourth-order valence-corrected chi connectivity index (χ4v) is 3.41. The maximum atomic E-state index is 4.25. The molecule has 0 N–H and O–H groups in total. The molecular formula is C17H35NS. The van der Waals surface area contributed by atoms with Gasteiger partial charge in [-0.05, 0) is 63.4 Å². The van der Waals surface area contributed by atoms with Crippen LogP contribution in [0.4, 0.5) is 0 Å². The predicted octanol–water partition coefficient (Wildman–Crippen LogP) is 5.16. The molecule has 0 bridgehead atoms. The Balaban J connectivity index is 1.91. The molecule has 1 aliphatic heterocycles. The Morgan fingerprint density at radius 1 is 0.895 bits per heavy atom. The van der Waals surface area contributed by atoms with Gasteiger partial charge in [-0.15, -0.1) is 0 Å². The number of thiol groups is 1. The largest absolute Gasteiger partial charge is 0.303 e. The van der Waals surface area contributed by atoms with Crippen LogP contribution in [0.15, 0.2) is 0 Å². The van der Waals surface area contributed by atoms with E-state index in [9.17, 15) is 0 Å². The van der Waals surface area contributed by atoms with Gasteiger partial charge in [-0.3, -0.25) is 0 Å². The summed E-state index contributed by atoms with van der Waals surface area (Å²) in [5.41, 5.74) is 0. The summed E-state index contributed by atoms with van der Waals surface area (Å²) in [6, 6.07) is 0. The Morgan fingerprint density at radius 3 is 2.26 bits per heavy atom. The Kier molecular flexibility index (Phi) is 11.0. The van der Waals surface area contributed by atoms with Gasteiger partial charge in [0.25, 0.3) is 0 Å². The molecule has 19 heavy (non-hydrogen) atoms. The maximum absolute atomic E-state index is 4.25. The lowest BCUT2D eigenvalue weighted by molar-refractivity contribution is 0.273. The zero-order valence-electron chi connectivity index (χ0n) is 13.1. The van der Waals surface area contributed by atoms with Crippen LogP contribution in [-0.4, -0.2) is 30.3 Å². The number of hydrogen-bond acceptors (Lipinski definition) is 2. The van der Waals surface area contributed by atoms with E-state index >= 15 is 0 Å². The van der Waals surface area contributed by atoms with Crippen LogP contribution in [0.2, 0.25) is 0 Å². The first kappa shape index (κ1) is 17.4. The third-order valence-corrected chi connectivity index (χ3v) is 4.97. The van der Waals surface area contributed by atoms with Gasteiger partial charge in [0.2, 0.25) is 0 Å². The molecule has 1 heterocycles. The summed E-state index contributed by atoms with van der Waals surface area (Å²) < 4.78 is 0. The third kappa shape index (κ3) is 8.96. The van der Waals surface area contributed by atoms with Gasteiger partial charge in [0.1, 0.15) is 0 Å². The minimum atomic E-state index is 1.01. The summed E-state index contributed by atoms with van der Waals surface area (Å²) >= 11 is 4.25. The summed E-state index contributed by atoms with van der Waals surface area (Å²) in [5, 5.41) is 0. The van der Waals surface area contributed by atoms with E-state index in [2.05, 4.69) is 24.5 Å². The predicted molar refractivity (Wildman–Crippen MR) is 90.2 cm³/mol. The summed E-state index contributed by atoms with van der Waals surface area (Å²) in [7, 11) is 0. The van der Waals surface area contributed by atoms with Crippen molar-refractivity contribution in [2.75, 3.05) is 25.4 Å². The van der Waals surface area contributed by atoms with Gasteiger partial charge < -0.3 is 4.90 Å². The number of hydrogen-bond donors (Lipinski definition) is 1. The van der Waals surface area contributed by atoms with Crippen LogP contribution in [-0.2, 0) is 0 Å². The Bertz CT molecular complexity index is 196. The highest BCUT2D eigenvalue weighted by Crippen LogP contribution is 2.20. The van der Waals surface area contributed by atoms with Gasteiger partial charge in [0, 0.05) is 0 Å². The lowest BCUT2D eigenvalue weighted by Gasteiger charge is -2.19. The van der Waals surface area contributed by atoms with E-state index in [-0.39, 0.29) is 0 Å². The highest BCUT2D eigenvalue weighted by molar-refractivity contribution is 7.80. The molecule has 0 aromatic carbocycles.